The molecule has 0 aliphatic rings. The smallest absolute Gasteiger partial charge is 0.350 e. The summed E-state index contributed by atoms with van der Waals surface area (Å²) in [7, 11) is 1.36. The molecule has 0 spiro atoms. The lowest BCUT2D eigenvalue weighted by Gasteiger charge is -2.08. The van der Waals surface area contributed by atoms with Gasteiger partial charge in [0.1, 0.15) is 10.6 Å². The second kappa shape index (κ2) is 9.17. The molecule has 0 saturated carbocycles. The average molecular weight is 361 g/mol. The number of methoxy groups -OCH3 is 1. The molecular formula is C18H23N3O3S. The van der Waals surface area contributed by atoms with Gasteiger partial charge in [-0.2, -0.15) is 5.10 Å². The summed E-state index contributed by atoms with van der Waals surface area (Å²) in [5, 5.41) is 4.74. The Bertz CT molecular complexity index is 741. The highest BCUT2D eigenvalue weighted by Gasteiger charge is 2.17. The number of aromatic nitrogens is 1. The van der Waals surface area contributed by atoms with E-state index in [0.717, 1.165) is 11.3 Å². The van der Waals surface area contributed by atoms with Crippen LogP contribution in [0.15, 0.2) is 29.4 Å². The van der Waals surface area contributed by atoms with Crippen LogP contribution in [0.5, 0.6) is 5.75 Å². The van der Waals surface area contributed by atoms with Crippen LogP contribution < -0.4 is 10.2 Å². The Hall–Kier alpha value is -2.41. The van der Waals surface area contributed by atoms with Crippen LogP contribution in [0.3, 0.4) is 0 Å². The van der Waals surface area contributed by atoms with Gasteiger partial charge in [-0.1, -0.05) is 44.2 Å². The fourth-order valence-corrected chi connectivity index (χ4v) is 2.92. The molecule has 2 aromatic rings. The van der Waals surface area contributed by atoms with Crippen LogP contribution in [0.4, 0.5) is 5.13 Å². The van der Waals surface area contributed by atoms with Gasteiger partial charge < -0.3 is 9.47 Å². The highest BCUT2D eigenvalue weighted by atomic mass is 32.1. The Morgan fingerprint density at radius 2 is 2.24 bits per heavy atom. The summed E-state index contributed by atoms with van der Waals surface area (Å²) in [6.07, 6.45) is 2.34. The molecule has 1 aromatic heterocycles. The van der Waals surface area contributed by atoms with E-state index in [1.165, 1.54) is 18.4 Å². The van der Waals surface area contributed by atoms with E-state index in [1.807, 2.05) is 31.2 Å². The number of rotatable bonds is 8. The fourth-order valence-electron chi connectivity index (χ4n) is 2.00. The number of anilines is 1. The van der Waals surface area contributed by atoms with Crippen molar-refractivity contribution in [1.29, 1.82) is 0 Å². The van der Waals surface area contributed by atoms with Crippen LogP contribution in [0.25, 0.3) is 0 Å². The van der Waals surface area contributed by atoms with Crippen molar-refractivity contribution in [3.05, 3.63) is 40.4 Å². The minimum Gasteiger partial charge on any atom is -0.493 e. The summed E-state index contributed by atoms with van der Waals surface area (Å²) in [5.74, 6) is 0.912. The van der Waals surface area contributed by atoms with Crippen molar-refractivity contribution in [2.45, 2.75) is 27.2 Å². The molecule has 0 aliphatic carbocycles. The number of thiazole rings is 1. The summed E-state index contributed by atoms with van der Waals surface area (Å²) in [6, 6.07) is 7.70. The zero-order chi connectivity index (χ0) is 18.2. The molecule has 25 heavy (non-hydrogen) atoms. The van der Waals surface area contributed by atoms with E-state index >= 15 is 0 Å². The zero-order valence-corrected chi connectivity index (χ0v) is 15.7. The van der Waals surface area contributed by atoms with E-state index < -0.39 is 0 Å². The molecule has 1 N–H and O–H groups in total. The van der Waals surface area contributed by atoms with Crippen LogP contribution >= 0.6 is 11.3 Å². The van der Waals surface area contributed by atoms with Gasteiger partial charge in [-0.05, 0) is 30.0 Å². The van der Waals surface area contributed by atoms with Gasteiger partial charge in [-0.15, -0.1) is 0 Å². The highest BCUT2D eigenvalue weighted by Crippen LogP contribution is 2.24. The van der Waals surface area contributed by atoms with Crippen LogP contribution in [0.2, 0.25) is 0 Å². The lowest BCUT2D eigenvalue weighted by molar-refractivity contribution is 0.0605. The quantitative estimate of drug-likeness (QED) is 0.437. The van der Waals surface area contributed by atoms with E-state index in [9.17, 15) is 4.79 Å². The molecular weight excluding hydrogens is 338 g/mol. The third-order valence-electron chi connectivity index (χ3n) is 3.22. The van der Waals surface area contributed by atoms with Gasteiger partial charge in [-0.3, -0.25) is 5.43 Å². The summed E-state index contributed by atoms with van der Waals surface area (Å²) in [5.41, 5.74) is 4.48. The Kier molecular flexibility index (Phi) is 6.94. The van der Waals surface area contributed by atoms with Crippen molar-refractivity contribution < 1.29 is 14.3 Å². The first-order valence-electron chi connectivity index (χ1n) is 8.13. The van der Waals surface area contributed by atoms with Crippen LogP contribution in [0.1, 0.15) is 41.7 Å². The molecule has 2 rings (SSSR count). The molecule has 1 aromatic carbocycles. The minimum atomic E-state index is -0.374. The number of aryl methyl sites for hydroxylation is 1. The number of benzene rings is 1. The number of nitrogens with zero attached hydrogens (tertiary/aromatic N) is 2. The Morgan fingerprint density at radius 1 is 1.44 bits per heavy atom. The number of esters is 1. The largest absolute Gasteiger partial charge is 0.493 e. The van der Waals surface area contributed by atoms with Crippen LogP contribution in [-0.2, 0) is 11.2 Å². The number of hydrazone groups is 1. The van der Waals surface area contributed by atoms with Gasteiger partial charge in [0, 0.05) is 0 Å². The van der Waals surface area contributed by atoms with Crippen molar-refractivity contribution >= 4 is 28.7 Å². The normalized spacial score (nSPS) is 11.1. The van der Waals surface area contributed by atoms with Crippen molar-refractivity contribution in [1.82, 2.24) is 4.98 Å². The highest BCUT2D eigenvalue weighted by molar-refractivity contribution is 7.17. The first kappa shape index (κ1) is 18.9. The maximum atomic E-state index is 11.7. The topological polar surface area (TPSA) is 72.8 Å². The number of hydrogen-bond acceptors (Lipinski definition) is 7. The number of carbonyl (C=O) groups is 1. The van der Waals surface area contributed by atoms with Gasteiger partial charge >= 0.3 is 5.97 Å². The molecule has 0 unspecified atom stereocenters. The second-order valence-corrected chi connectivity index (χ2v) is 6.79. The number of carbonyl (C=O) groups excluding carboxylic acids is 1. The lowest BCUT2D eigenvalue weighted by Crippen LogP contribution is -2.04. The Labute approximate surface area is 151 Å². The standard InChI is InChI=1S/C18H23N3O3S/c1-5-15-16(17(22)23-4)25-18(20-15)21-19-10-13-7-6-8-14(9-13)24-11-12(2)3/h6-10,12H,5,11H2,1-4H3,(H,20,21)/b19-10-. The van der Waals surface area contributed by atoms with Gasteiger partial charge in [0.25, 0.3) is 0 Å². The molecule has 0 atom stereocenters. The van der Waals surface area contributed by atoms with E-state index in [-0.39, 0.29) is 5.97 Å². The van der Waals surface area contributed by atoms with Gasteiger partial charge in [0.05, 0.1) is 25.6 Å². The maximum absolute atomic E-state index is 11.7. The van der Waals surface area contributed by atoms with Crippen molar-refractivity contribution in [3.8, 4) is 5.75 Å². The molecule has 0 amide bonds. The maximum Gasteiger partial charge on any atom is 0.350 e. The Balaban J connectivity index is 2.02. The van der Waals surface area contributed by atoms with Crippen molar-refractivity contribution in [2.24, 2.45) is 11.0 Å². The predicted molar refractivity (Wildman–Crippen MR) is 101 cm³/mol. The van der Waals surface area contributed by atoms with E-state index in [4.69, 9.17) is 9.47 Å². The lowest BCUT2D eigenvalue weighted by atomic mass is 10.2. The molecule has 0 fully saturated rings. The van der Waals surface area contributed by atoms with Crippen LogP contribution in [0, 0.1) is 5.92 Å². The number of hydrogen-bond donors (Lipinski definition) is 1. The third kappa shape index (κ3) is 5.56. The molecule has 0 saturated heterocycles. The predicted octanol–water partition coefficient (Wildman–Crippen LogP) is 3.97. The second-order valence-electron chi connectivity index (χ2n) is 5.79. The zero-order valence-electron chi connectivity index (χ0n) is 14.9. The number of nitrogens with one attached hydrogen (secondary N) is 1. The molecule has 134 valence electrons. The van der Waals surface area contributed by atoms with E-state index in [1.54, 1.807) is 6.21 Å². The van der Waals surface area contributed by atoms with Gasteiger partial charge in [0.2, 0.25) is 5.13 Å². The average Bonchev–Trinajstić information content (AvgIpc) is 3.03. The Morgan fingerprint density at radius 3 is 2.92 bits per heavy atom. The minimum absolute atomic E-state index is 0.374. The molecule has 0 bridgehead atoms. The summed E-state index contributed by atoms with van der Waals surface area (Å²) >= 11 is 1.23. The SMILES string of the molecule is CCc1nc(N/N=C\c2cccc(OCC(C)C)c2)sc1C(=O)OC. The van der Waals surface area contributed by atoms with Crippen molar-refractivity contribution in [2.75, 3.05) is 19.1 Å². The molecule has 0 aliphatic heterocycles. The van der Waals surface area contributed by atoms with Crippen LogP contribution in [-0.4, -0.2) is 30.9 Å². The first-order chi connectivity index (χ1) is 12.0. The molecule has 7 heteroatoms. The first-order valence-corrected chi connectivity index (χ1v) is 8.95. The fraction of sp³-hybridized carbons (Fsp3) is 0.389. The van der Waals surface area contributed by atoms with Gasteiger partial charge in [0.15, 0.2) is 0 Å². The number of ether oxygens (including phenoxy) is 2. The molecule has 1 heterocycles. The van der Waals surface area contributed by atoms with Crippen molar-refractivity contribution in [3.63, 3.8) is 0 Å². The monoisotopic (exact) mass is 361 g/mol. The summed E-state index contributed by atoms with van der Waals surface area (Å²) in [6.45, 7) is 6.83. The molecule has 6 nitrogen and oxygen atoms in total. The van der Waals surface area contributed by atoms with Gasteiger partial charge in [-0.25, -0.2) is 9.78 Å². The molecule has 0 radical (unpaired) electrons. The van der Waals surface area contributed by atoms with E-state index in [2.05, 4.69) is 29.4 Å². The summed E-state index contributed by atoms with van der Waals surface area (Å²) in [4.78, 5) is 16.6. The van der Waals surface area contributed by atoms with E-state index in [0.29, 0.717) is 34.6 Å². The summed E-state index contributed by atoms with van der Waals surface area (Å²) < 4.78 is 10.5. The third-order valence-corrected chi connectivity index (χ3v) is 4.20.